The third-order valence-corrected chi connectivity index (χ3v) is 3.13. The van der Waals surface area contributed by atoms with Crippen molar-refractivity contribution in [3.05, 3.63) is 53.1 Å². The molecule has 112 valence electrons. The molecule has 0 bridgehead atoms. The lowest BCUT2D eigenvalue weighted by Gasteiger charge is -2.08. The van der Waals surface area contributed by atoms with E-state index in [-0.39, 0.29) is 12.5 Å². The zero-order chi connectivity index (χ0) is 15.9. The summed E-state index contributed by atoms with van der Waals surface area (Å²) in [5, 5.41) is 11.9. The summed E-state index contributed by atoms with van der Waals surface area (Å²) in [7, 11) is 1.57. The van der Waals surface area contributed by atoms with Gasteiger partial charge < -0.3 is 14.8 Å². The Morgan fingerprint density at radius 3 is 2.55 bits per heavy atom. The van der Waals surface area contributed by atoms with E-state index in [4.69, 9.17) is 26.3 Å². The highest BCUT2D eigenvalue weighted by molar-refractivity contribution is 6.31. The van der Waals surface area contributed by atoms with Crippen LogP contribution in [0.4, 0.5) is 5.69 Å². The van der Waals surface area contributed by atoms with E-state index in [0.717, 1.165) is 0 Å². The lowest BCUT2D eigenvalue weighted by molar-refractivity contribution is -0.118. The predicted octanol–water partition coefficient (Wildman–Crippen LogP) is 3.24. The Labute approximate surface area is 133 Å². The zero-order valence-electron chi connectivity index (χ0n) is 11.8. The van der Waals surface area contributed by atoms with Crippen LogP contribution in [0.2, 0.25) is 5.02 Å². The SMILES string of the molecule is COc1ccc(OCC(=O)Nc2ccc(Cl)c(C#N)c2)cc1. The molecular weight excluding hydrogens is 304 g/mol. The van der Waals surface area contributed by atoms with Crippen molar-refractivity contribution in [1.29, 1.82) is 5.26 Å². The molecular formula is C16H13ClN2O3. The molecule has 0 spiro atoms. The average molecular weight is 317 g/mol. The number of carbonyl (C=O) groups is 1. The van der Waals surface area contributed by atoms with Crippen LogP contribution in [-0.4, -0.2) is 19.6 Å². The summed E-state index contributed by atoms with van der Waals surface area (Å²) in [4.78, 5) is 11.8. The lowest BCUT2D eigenvalue weighted by Crippen LogP contribution is -2.20. The molecule has 0 aliphatic rings. The molecule has 0 heterocycles. The minimum Gasteiger partial charge on any atom is -0.497 e. The van der Waals surface area contributed by atoms with Gasteiger partial charge in [-0.2, -0.15) is 5.26 Å². The smallest absolute Gasteiger partial charge is 0.262 e. The van der Waals surface area contributed by atoms with E-state index in [2.05, 4.69) is 5.32 Å². The van der Waals surface area contributed by atoms with Gasteiger partial charge in [-0.25, -0.2) is 0 Å². The van der Waals surface area contributed by atoms with Crippen molar-refractivity contribution in [2.24, 2.45) is 0 Å². The summed E-state index contributed by atoms with van der Waals surface area (Å²) < 4.78 is 10.4. The van der Waals surface area contributed by atoms with Gasteiger partial charge in [-0.05, 0) is 42.5 Å². The summed E-state index contributed by atoms with van der Waals surface area (Å²) in [5.74, 6) is 0.939. The first-order valence-corrected chi connectivity index (χ1v) is 6.76. The van der Waals surface area contributed by atoms with Crippen LogP contribution in [0.3, 0.4) is 0 Å². The van der Waals surface area contributed by atoms with Gasteiger partial charge in [-0.15, -0.1) is 0 Å². The van der Waals surface area contributed by atoms with Gasteiger partial charge in [0, 0.05) is 5.69 Å². The fraction of sp³-hybridized carbons (Fsp3) is 0.125. The van der Waals surface area contributed by atoms with Crippen molar-refractivity contribution in [3.8, 4) is 17.6 Å². The Kier molecular flexibility index (Phi) is 5.23. The Hall–Kier alpha value is -2.71. The largest absolute Gasteiger partial charge is 0.497 e. The number of amides is 1. The van der Waals surface area contributed by atoms with E-state index >= 15 is 0 Å². The van der Waals surface area contributed by atoms with E-state index in [1.54, 1.807) is 43.5 Å². The summed E-state index contributed by atoms with van der Waals surface area (Å²) >= 11 is 5.83. The highest BCUT2D eigenvalue weighted by Gasteiger charge is 2.06. The third-order valence-electron chi connectivity index (χ3n) is 2.80. The molecule has 5 nitrogen and oxygen atoms in total. The third kappa shape index (κ3) is 4.14. The van der Waals surface area contributed by atoms with E-state index in [1.165, 1.54) is 6.07 Å². The van der Waals surface area contributed by atoms with Crippen molar-refractivity contribution in [3.63, 3.8) is 0 Å². The molecule has 0 atom stereocenters. The minimum atomic E-state index is -0.331. The Bertz CT molecular complexity index is 708. The Morgan fingerprint density at radius 1 is 1.23 bits per heavy atom. The average Bonchev–Trinajstić information content (AvgIpc) is 2.55. The first-order chi connectivity index (χ1) is 10.6. The van der Waals surface area contributed by atoms with Gasteiger partial charge >= 0.3 is 0 Å². The summed E-state index contributed by atoms with van der Waals surface area (Å²) in [6.45, 7) is -0.142. The first-order valence-electron chi connectivity index (χ1n) is 6.38. The van der Waals surface area contributed by atoms with Gasteiger partial charge in [-0.3, -0.25) is 4.79 Å². The maximum absolute atomic E-state index is 11.8. The monoisotopic (exact) mass is 316 g/mol. The second-order valence-electron chi connectivity index (χ2n) is 4.32. The van der Waals surface area contributed by atoms with Crippen LogP contribution in [0, 0.1) is 11.3 Å². The van der Waals surface area contributed by atoms with Crippen LogP contribution in [-0.2, 0) is 4.79 Å². The molecule has 0 fully saturated rings. The van der Waals surface area contributed by atoms with Crippen molar-refractivity contribution < 1.29 is 14.3 Å². The van der Waals surface area contributed by atoms with Crippen molar-refractivity contribution in [2.75, 3.05) is 19.0 Å². The normalized spacial score (nSPS) is 9.68. The van der Waals surface area contributed by atoms with Crippen LogP contribution >= 0.6 is 11.6 Å². The number of hydrogen-bond donors (Lipinski definition) is 1. The summed E-state index contributed by atoms with van der Waals surface area (Å²) in [6.07, 6.45) is 0. The summed E-state index contributed by atoms with van der Waals surface area (Å²) in [5.41, 5.74) is 0.792. The first kappa shape index (κ1) is 15.7. The van der Waals surface area contributed by atoms with Crippen molar-refractivity contribution in [2.45, 2.75) is 0 Å². The molecule has 0 aliphatic heterocycles. The molecule has 0 unspecified atom stereocenters. The number of rotatable bonds is 5. The molecule has 0 saturated carbocycles. The lowest BCUT2D eigenvalue weighted by atomic mass is 10.2. The van der Waals surface area contributed by atoms with E-state index in [1.807, 2.05) is 6.07 Å². The number of nitriles is 1. The van der Waals surface area contributed by atoms with Gasteiger partial charge in [-0.1, -0.05) is 11.6 Å². The number of nitrogens with zero attached hydrogens (tertiary/aromatic N) is 1. The second-order valence-corrected chi connectivity index (χ2v) is 4.73. The fourth-order valence-electron chi connectivity index (χ4n) is 1.71. The second kappa shape index (κ2) is 7.34. The number of halogens is 1. The quantitative estimate of drug-likeness (QED) is 0.919. The molecule has 1 amide bonds. The number of nitrogens with one attached hydrogen (secondary N) is 1. The molecule has 2 rings (SSSR count). The number of methoxy groups -OCH3 is 1. The van der Waals surface area contributed by atoms with Crippen molar-refractivity contribution >= 4 is 23.2 Å². The highest BCUT2D eigenvalue weighted by Crippen LogP contribution is 2.20. The molecule has 0 radical (unpaired) electrons. The van der Waals surface area contributed by atoms with Gasteiger partial charge in [0.05, 0.1) is 17.7 Å². The molecule has 0 aromatic heterocycles. The maximum atomic E-state index is 11.8. The molecule has 6 heteroatoms. The molecule has 1 N–H and O–H groups in total. The van der Waals surface area contributed by atoms with Crippen LogP contribution in [0.1, 0.15) is 5.56 Å². The number of anilines is 1. The number of benzene rings is 2. The number of carbonyl (C=O) groups excluding carboxylic acids is 1. The fourth-order valence-corrected chi connectivity index (χ4v) is 1.87. The van der Waals surface area contributed by atoms with Crippen LogP contribution in [0.15, 0.2) is 42.5 Å². The summed E-state index contributed by atoms with van der Waals surface area (Å²) in [6, 6.07) is 13.5. The Balaban J connectivity index is 1.91. The topological polar surface area (TPSA) is 71.3 Å². The van der Waals surface area contributed by atoms with Crippen LogP contribution < -0.4 is 14.8 Å². The van der Waals surface area contributed by atoms with Gasteiger partial charge in [0.25, 0.3) is 5.91 Å². The molecule has 22 heavy (non-hydrogen) atoms. The highest BCUT2D eigenvalue weighted by atomic mass is 35.5. The van der Waals surface area contributed by atoms with E-state index in [0.29, 0.717) is 27.8 Å². The molecule has 2 aromatic rings. The number of hydrogen-bond acceptors (Lipinski definition) is 4. The minimum absolute atomic E-state index is 0.142. The van der Waals surface area contributed by atoms with Crippen molar-refractivity contribution in [1.82, 2.24) is 0 Å². The number of ether oxygens (including phenoxy) is 2. The molecule has 0 saturated heterocycles. The van der Waals surface area contributed by atoms with E-state index in [9.17, 15) is 4.79 Å². The maximum Gasteiger partial charge on any atom is 0.262 e. The standard InChI is InChI=1S/C16H13ClN2O3/c1-21-13-3-5-14(6-4-13)22-10-16(20)19-12-2-7-15(17)11(8-12)9-18/h2-8H,10H2,1H3,(H,19,20). The van der Waals surface area contributed by atoms with E-state index < -0.39 is 0 Å². The zero-order valence-corrected chi connectivity index (χ0v) is 12.6. The van der Waals surface area contributed by atoms with Gasteiger partial charge in [0.1, 0.15) is 17.6 Å². The Morgan fingerprint density at radius 2 is 1.91 bits per heavy atom. The molecule has 2 aromatic carbocycles. The van der Waals surface area contributed by atoms with Crippen LogP contribution in [0.25, 0.3) is 0 Å². The van der Waals surface area contributed by atoms with Crippen LogP contribution in [0.5, 0.6) is 11.5 Å². The predicted molar refractivity (Wildman–Crippen MR) is 83.3 cm³/mol. The van der Waals surface area contributed by atoms with Gasteiger partial charge in [0.15, 0.2) is 6.61 Å². The van der Waals surface area contributed by atoms with Gasteiger partial charge in [0.2, 0.25) is 0 Å². The molecule has 0 aliphatic carbocycles.